The van der Waals surface area contributed by atoms with Gasteiger partial charge in [-0.15, -0.1) is 11.3 Å². The minimum atomic E-state index is -4.32. The van der Waals surface area contributed by atoms with Gasteiger partial charge in [-0.1, -0.05) is 33.8 Å². The van der Waals surface area contributed by atoms with Crippen molar-refractivity contribution in [2.45, 2.75) is 76.2 Å². The maximum atomic E-state index is 12.9. The highest BCUT2D eigenvalue weighted by atomic mass is 32.2. The zero-order chi connectivity index (χ0) is 24.4. The fourth-order valence-electron chi connectivity index (χ4n) is 3.48. The topological polar surface area (TPSA) is 140 Å². The lowest BCUT2D eigenvalue weighted by molar-refractivity contribution is -0.118. The third-order valence-electron chi connectivity index (χ3n) is 4.88. The molecule has 3 N–H and O–H groups in total. The maximum Gasteiger partial charge on any atom is 0.275 e. The Morgan fingerprint density at radius 2 is 1.88 bits per heavy atom. The van der Waals surface area contributed by atoms with Crippen LogP contribution in [-0.4, -0.2) is 29.5 Å². The smallest absolute Gasteiger partial charge is 0.275 e. The summed E-state index contributed by atoms with van der Waals surface area (Å²) in [5.41, 5.74) is 1.16. The van der Waals surface area contributed by atoms with Crippen molar-refractivity contribution in [1.29, 1.82) is 5.26 Å². The monoisotopic (exact) mass is 479 g/mol. The Labute approximate surface area is 193 Å². The van der Waals surface area contributed by atoms with Crippen LogP contribution in [0.1, 0.15) is 86.3 Å². The van der Waals surface area contributed by atoms with Crippen molar-refractivity contribution in [2.24, 2.45) is 0 Å². The summed E-state index contributed by atoms with van der Waals surface area (Å²) in [6.45, 7) is 10.0. The zero-order valence-corrected chi connectivity index (χ0v) is 20.7. The van der Waals surface area contributed by atoms with E-state index in [4.69, 9.17) is 0 Å². The van der Waals surface area contributed by atoms with Gasteiger partial charge < -0.3 is 10.2 Å². The summed E-state index contributed by atoms with van der Waals surface area (Å²) < 4.78 is 27.6. The number of amides is 1. The van der Waals surface area contributed by atoms with Gasteiger partial charge in [0.1, 0.15) is 10.6 Å². The van der Waals surface area contributed by atoms with Crippen molar-refractivity contribution in [3.05, 3.63) is 45.1 Å². The minimum Gasteiger partial charge on any atom is -0.390 e. The Balaban J connectivity index is 2.46. The number of sulfonamides is 1. The number of nitriles is 1. The predicted molar refractivity (Wildman–Crippen MR) is 122 cm³/mol. The Morgan fingerprint density at radius 1 is 1.25 bits per heavy atom. The molecule has 1 amide bonds. The van der Waals surface area contributed by atoms with Crippen molar-refractivity contribution >= 4 is 27.3 Å². The van der Waals surface area contributed by atoms with Crippen molar-refractivity contribution in [3.63, 3.8) is 0 Å². The number of hydrogen-bond acceptors (Lipinski definition) is 8. The number of rotatable bonds is 8. The molecule has 0 fully saturated rings. The Bertz CT molecular complexity index is 1150. The summed E-state index contributed by atoms with van der Waals surface area (Å²) >= 11 is 0.702. The molecule has 174 valence electrons. The molecule has 2 rings (SSSR count). The molecule has 1 aromatic heterocycles. The van der Waals surface area contributed by atoms with Crippen LogP contribution in [0.2, 0.25) is 0 Å². The van der Waals surface area contributed by atoms with Crippen LogP contribution in [0, 0.1) is 11.3 Å². The summed E-state index contributed by atoms with van der Waals surface area (Å²) in [6.07, 6.45) is -0.221. The molecule has 0 aliphatic carbocycles. The van der Waals surface area contributed by atoms with E-state index in [1.165, 1.54) is 13.8 Å². The minimum absolute atomic E-state index is 0.0420. The SMILES string of the molecule is CC(C)c1ccc(C#N)c(C(C)C)c1CC(=O)NS(=O)(=O)c1sc(C(C)(C)O)nc1CO. The molecule has 0 unspecified atom stereocenters. The van der Waals surface area contributed by atoms with Gasteiger partial charge in [-0.25, -0.2) is 18.1 Å². The first-order valence-electron chi connectivity index (χ1n) is 10.2. The third kappa shape index (κ3) is 5.53. The summed E-state index contributed by atoms with van der Waals surface area (Å²) in [5.74, 6) is -0.734. The van der Waals surface area contributed by atoms with Gasteiger partial charge >= 0.3 is 0 Å². The lowest BCUT2D eigenvalue weighted by atomic mass is 9.84. The molecular formula is C22H29N3O5S2. The van der Waals surface area contributed by atoms with Crippen molar-refractivity contribution in [2.75, 3.05) is 0 Å². The number of hydrogen-bond donors (Lipinski definition) is 3. The van der Waals surface area contributed by atoms with Gasteiger partial charge in [0.05, 0.1) is 30.4 Å². The van der Waals surface area contributed by atoms with E-state index in [1.807, 2.05) is 27.7 Å². The van der Waals surface area contributed by atoms with Crippen LogP contribution in [0.25, 0.3) is 0 Å². The molecule has 0 spiro atoms. The average molecular weight is 480 g/mol. The molecule has 0 atom stereocenters. The lowest BCUT2D eigenvalue weighted by Gasteiger charge is -2.20. The molecule has 0 saturated carbocycles. The summed E-state index contributed by atoms with van der Waals surface area (Å²) in [6, 6.07) is 5.68. The summed E-state index contributed by atoms with van der Waals surface area (Å²) in [4.78, 5) is 16.9. The van der Waals surface area contributed by atoms with Crippen molar-refractivity contribution in [1.82, 2.24) is 9.71 Å². The van der Waals surface area contributed by atoms with Gasteiger partial charge in [-0.3, -0.25) is 4.79 Å². The number of carbonyl (C=O) groups excluding carboxylic acids is 1. The molecule has 0 radical (unpaired) electrons. The Hall–Kier alpha value is -2.32. The lowest BCUT2D eigenvalue weighted by Crippen LogP contribution is -2.32. The van der Waals surface area contributed by atoms with Crippen LogP contribution in [-0.2, 0) is 33.4 Å². The number of carbonyl (C=O) groups is 1. The van der Waals surface area contributed by atoms with E-state index in [1.54, 1.807) is 12.1 Å². The summed E-state index contributed by atoms with van der Waals surface area (Å²) in [7, 11) is -4.32. The van der Waals surface area contributed by atoms with Crippen molar-refractivity contribution < 1.29 is 23.4 Å². The normalized spacial score (nSPS) is 12.3. The number of thiazole rings is 1. The fourth-order valence-corrected chi connectivity index (χ4v) is 5.97. The van der Waals surface area contributed by atoms with E-state index >= 15 is 0 Å². The second kappa shape index (κ2) is 9.67. The molecule has 8 nitrogen and oxygen atoms in total. The average Bonchev–Trinajstić information content (AvgIpc) is 3.12. The van der Waals surface area contributed by atoms with Crippen LogP contribution >= 0.6 is 11.3 Å². The number of aromatic nitrogens is 1. The molecule has 2 aromatic rings. The highest BCUT2D eigenvalue weighted by Crippen LogP contribution is 2.33. The van der Waals surface area contributed by atoms with Gasteiger partial charge in [0, 0.05) is 0 Å². The quantitative estimate of drug-likeness (QED) is 0.528. The summed E-state index contributed by atoms with van der Waals surface area (Å²) in [5, 5.41) is 29.3. The van der Waals surface area contributed by atoms with E-state index in [-0.39, 0.29) is 33.2 Å². The molecule has 32 heavy (non-hydrogen) atoms. The second-order valence-corrected chi connectivity index (χ2v) is 11.6. The largest absolute Gasteiger partial charge is 0.390 e. The van der Waals surface area contributed by atoms with E-state index < -0.39 is 28.1 Å². The van der Waals surface area contributed by atoms with E-state index in [9.17, 15) is 28.7 Å². The highest BCUT2D eigenvalue weighted by Gasteiger charge is 2.31. The number of nitrogens with zero attached hydrogens (tertiary/aromatic N) is 2. The number of aliphatic hydroxyl groups is 2. The number of benzene rings is 1. The molecule has 0 aliphatic heterocycles. The van der Waals surface area contributed by atoms with Crippen LogP contribution in [0.3, 0.4) is 0 Å². The maximum absolute atomic E-state index is 12.9. The molecule has 1 heterocycles. The van der Waals surface area contributed by atoms with Crippen LogP contribution in [0.15, 0.2) is 16.3 Å². The molecular weight excluding hydrogens is 450 g/mol. The van der Waals surface area contributed by atoms with Gasteiger partial charge in [0.25, 0.3) is 10.0 Å². The van der Waals surface area contributed by atoms with E-state index in [0.717, 1.165) is 11.1 Å². The third-order valence-corrected chi connectivity index (χ3v) is 8.21. The van der Waals surface area contributed by atoms with Crippen LogP contribution in [0.5, 0.6) is 0 Å². The first-order valence-corrected chi connectivity index (χ1v) is 12.5. The van der Waals surface area contributed by atoms with E-state index in [0.29, 0.717) is 22.5 Å². The van der Waals surface area contributed by atoms with Gasteiger partial charge in [0.2, 0.25) is 5.91 Å². The molecule has 1 aromatic carbocycles. The predicted octanol–water partition coefficient (Wildman–Crippen LogP) is 3.03. The Morgan fingerprint density at radius 3 is 2.34 bits per heavy atom. The molecule has 10 heteroatoms. The zero-order valence-electron chi connectivity index (χ0n) is 19.1. The number of nitrogens with one attached hydrogen (secondary N) is 1. The Kier molecular flexibility index (Phi) is 7.83. The van der Waals surface area contributed by atoms with Gasteiger partial charge in [-0.05, 0) is 48.4 Å². The fraction of sp³-hybridized carbons (Fsp3) is 0.500. The molecule has 0 bridgehead atoms. The van der Waals surface area contributed by atoms with Gasteiger partial charge in [0.15, 0.2) is 4.21 Å². The van der Waals surface area contributed by atoms with Crippen molar-refractivity contribution in [3.8, 4) is 6.07 Å². The second-order valence-electron chi connectivity index (χ2n) is 8.69. The van der Waals surface area contributed by atoms with E-state index in [2.05, 4.69) is 15.8 Å². The molecule has 0 aliphatic rings. The van der Waals surface area contributed by atoms with Crippen LogP contribution in [0.4, 0.5) is 0 Å². The van der Waals surface area contributed by atoms with Crippen LogP contribution < -0.4 is 4.72 Å². The first kappa shape index (κ1) is 25.9. The highest BCUT2D eigenvalue weighted by molar-refractivity contribution is 7.92. The van der Waals surface area contributed by atoms with Gasteiger partial charge in [-0.2, -0.15) is 5.26 Å². The standard InChI is InChI=1S/C22H29N3O5S2/c1-12(2)15-8-7-14(10-23)19(13(3)4)16(15)9-18(27)25-32(29,30)20-17(11-26)24-21(31-20)22(5,6)28/h7-8,12-13,26,28H,9,11H2,1-6H3,(H,25,27). The molecule has 0 saturated heterocycles. The first-order chi connectivity index (χ1) is 14.7. The number of aliphatic hydroxyl groups excluding tert-OH is 1.